The number of carbonyl (C=O) groups excluding carboxylic acids is 1. The Bertz CT molecular complexity index is 448. The Labute approximate surface area is 122 Å². The molecular weight excluding hydrogens is 248 g/mol. The molecule has 3 nitrogen and oxygen atoms in total. The minimum atomic E-state index is 0.147. The largest absolute Gasteiger partial charge is 0.335 e. The normalized spacial score (nSPS) is 16.7. The minimum absolute atomic E-state index is 0.147. The lowest BCUT2D eigenvalue weighted by Gasteiger charge is -2.17. The molecule has 0 bridgehead atoms. The highest BCUT2D eigenvalue weighted by molar-refractivity contribution is 5.91. The van der Waals surface area contributed by atoms with Crippen LogP contribution in [0.3, 0.4) is 0 Å². The molecule has 0 spiro atoms. The van der Waals surface area contributed by atoms with Crippen LogP contribution in [0.2, 0.25) is 0 Å². The maximum absolute atomic E-state index is 12.1. The standard InChI is InChI=1S/C17H26N2O/c1-14-7-8-16(15(2)13-14)18-17(20)9-12-19-10-5-3-4-6-11-19/h7-8,13H,3-6,9-12H2,1-2H3,(H,18,20)/p+1. The van der Waals surface area contributed by atoms with E-state index in [2.05, 4.69) is 18.3 Å². The molecule has 0 saturated carbocycles. The van der Waals surface area contributed by atoms with Crippen molar-refractivity contribution in [1.82, 2.24) is 0 Å². The molecule has 1 aliphatic rings. The van der Waals surface area contributed by atoms with Crippen molar-refractivity contribution in [2.45, 2.75) is 46.0 Å². The van der Waals surface area contributed by atoms with Crippen LogP contribution < -0.4 is 10.2 Å². The molecule has 3 heteroatoms. The summed E-state index contributed by atoms with van der Waals surface area (Å²) in [6, 6.07) is 6.15. The first-order chi connectivity index (χ1) is 9.65. The molecule has 1 amide bonds. The summed E-state index contributed by atoms with van der Waals surface area (Å²) in [7, 11) is 0. The fraction of sp³-hybridized carbons (Fsp3) is 0.588. The van der Waals surface area contributed by atoms with E-state index in [0.717, 1.165) is 17.8 Å². The fourth-order valence-corrected chi connectivity index (χ4v) is 2.94. The zero-order valence-electron chi connectivity index (χ0n) is 12.8. The van der Waals surface area contributed by atoms with Gasteiger partial charge in [0.15, 0.2) is 0 Å². The van der Waals surface area contributed by atoms with Gasteiger partial charge >= 0.3 is 0 Å². The van der Waals surface area contributed by atoms with Crippen molar-refractivity contribution in [1.29, 1.82) is 0 Å². The Kier molecular flexibility index (Phi) is 5.60. The minimum Gasteiger partial charge on any atom is -0.335 e. The van der Waals surface area contributed by atoms with Gasteiger partial charge in [-0.2, -0.15) is 0 Å². The second kappa shape index (κ2) is 7.44. The van der Waals surface area contributed by atoms with Gasteiger partial charge in [0.25, 0.3) is 0 Å². The molecule has 0 aliphatic carbocycles. The molecule has 1 aromatic rings. The summed E-state index contributed by atoms with van der Waals surface area (Å²) >= 11 is 0. The number of amides is 1. The molecule has 0 aromatic heterocycles. The smallest absolute Gasteiger partial charge is 0.230 e. The zero-order chi connectivity index (χ0) is 14.4. The molecule has 1 saturated heterocycles. The summed E-state index contributed by atoms with van der Waals surface area (Å²) in [5.41, 5.74) is 3.32. The summed E-state index contributed by atoms with van der Waals surface area (Å²) in [4.78, 5) is 13.6. The molecule has 1 heterocycles. The number of likely N-dealkylation sites (tertiary alicyclic amines) is 1. The highest BCUT2D eigenvalue weighted by Crippen LogP contribution is 2.15. The first kappa shape index (κ1) is 15.0. The van der Waals surface area contributed by atoms with Crippen LogP contribution in [0.5, 0.6) is 0 Å². The molecule has 0 unspecified atom stereocenters. The lowest BCUT2D eigenvalue weighted by Crippen LogP contribution is -3.12. The maximum atomic E-state index is 12.1. The molecular formula is C17H27N2O+. The first-order valence-electron chi connectivity index (χ1n) is 7.86. The molecule has 110 valence electrons. The van der Waals surface area contributed by atoms with E-state index < -0.39 is 0 Å². The van der Waals surface area contributed by atoms with Crippen LogP contribution in [0, 0.1) is 13.8 Å². The van der Waals surface area contributed by atoms with Crippen molar-refractivity contribution in [3.63, 3.8) is 0 Å². The van der Waals surface area contributed by atoms with Crippen LogP contribution in [0.4, 0.5) is 5.69 Å². The van der Waals surface area contributed by atoms with Crippen molar-refractivity contribution >= 4 is 11.6 Å². The second-order valence-electron chi connectivity index (χ2n) is 6.03. The van der Waals surface area contributed by atoms with E-state index in [1.807, 2.05) is 19.1 Å². The van der Waals surface area contributed by atoms with Crippen molar-refractivity contribution < 1.29 is 9.69 Å². The molecule has 1 aromatic carbocycles. The van der Waals surface area contributed by atoms with E-state index >= 15 is 0 Å². The van der Waals surface area contributed by atoms with Gasteiger partial charge in [-0.1, -0.05) is 17.7 Å². The van der Waals surface area contributed by atoms with Gasteiger partial charge < -0.3 is 10.2 Å². The van der Waals surface area contributed by atoms with Crippen molar-refractivity contribution in [3.05, 3.63) is 29.3 Å². The van der Waals surface area contributed by atoms with Gasteiger partial charge in [-0.3, -0.25) is 4.79 Å². The van der Waals surface area contributed by atoms with Gasteiger partial charge in [0, 0.05) is 5.69 Å². The molecule has 2 rings (SSSR count). The van der Waals surface area contributed by atoms with Gasteiger partial charge in [-0.25, -0.2) is 0 Å². The van der Waals surface area contributed by atoms with Gasteiger partial charge in [-0.05, 0) is 51.2 Å². The van der Waals surface area contributed by atoms with Crippen LogP contribution in [0.1, 0.15) is 43.2 Å². The van der Waals surface area contributed by atoms with Crippen LogP contribution in [-0.4, -0.2) is 25.5 Å². The summed E-state index contributed by atoms with van der Waals surface area (Å²) in [6.45, 7) is 7.55. The predicted molar refractivity (Wildman–Crippen MR) is 83.2 cm³/mol. The van der Waals surface area contributed by atoms with Gasteiger partial charge in [0.1, 0.15) is 0 Å². The van der Waals surface area contributed by atoms with E-state index in [1.54, 1.807) is 4.90 Å². The van der Waals surface area contributed by atoms with Crippen LogP contribution in [0.25, 0.3) is 0 Å². The molecule has 1 fully saturated rings. The number of quaternary nitrogens is 1. The first-order valence-corrected chi connectivity index (χ1v) is 7.86. The number of rotatable bonds is 4. The third kappa shape index (κ3) is 4.64. The van der Waals surface area contributed by atoms with Gasteiger partial charge in [0.05, 0.1) is 26.1 Å². The highest BCUT2D eigenvalue weighted by Gasteiger charge is 2.14. The average Bonchev–Trinajstić information content (AvgIpc) is 2.68. The quantitative estimate of drug-likeness (QED) is 0.867. The van der Waals surface area contributed by atoms with E-state index in [0.29, 0.717) is 6.42 Å². The number of benzene rings is 1. The van der Waals surface area contributed by atoms with Crippen molar-refractivity contribution in [2.75, 3.05) is 25.0 Å². The summed E-state index contributed by atoms with van der Waals surface area (Å²) in [5.74, 6) is 0.147. The van der Waals surface area contributed by atoms with Gasteiger partial charge in [-0.15, -0.1) is 0 Å². The number of nitrogens with one attached hydrogen (secondary N) is 2. The van der Waals surface area contributed by atoms with Crippen LogP contribution >= 0.6 is 0 Å². The van der Waals surface area contributed by atoms with Gasteiger partial charge in [0.2, 0.25) is 5.91 Å². The number of hydrogen-bond donors (Lipinski definition) is 2. The van der Waals surface area contributed by atoms with E-state index in [9.17, 15) is 4.79 Å². The Balaban J connectivity index is 1.79. The lowest BCUT2D eigenvalue weighted by molar-refractivity contribution is -0.898. The van der Waals surface area contributed by atoms with Crippen LogP contribution in [-0.2, 0) is 4.79 Å². The molecule has 20 heavy (non-hydrogen) atoms. The zero-order valence-corrected chi connectivity index (χ0v) is 12.8. The lowest BCUT2D eigenvalue weighted by atomic mass is 10.1. The number of anilines is 1. The predicted octanol–water partition coefficient (Wildman–Crippen LogP) is 2.09. The molecule has 0 radical (unpaired) electrons. The van der Waals surface area contributed by atoms with Crippen molar-refractivity contribution in [2.24, 2.45) is 0 Å². The third-order valence-corrected chi connectivity index (χ3v) is 4.17. The Morgan fingerprint density at radius 1 is 1.15 bits per heavy atom. The average molecular weight is 275 g/mol. The van der Waals surface area contributed by atoms with Crippen molar-refractivity contribution in [3.8, 4) is 0 Å². The third-order valence-electron chi connectivity index (χ3n) is 4.17. The number of hydrogen-bond acceptors (Lipinski definition) is 1. The van der Waals surface area contributed by atoms with E-state index in [4.69, 9.17) is 0 Å². The molecule has 0 atom stereocenters. The Morgan fingerprint density at radius 2 is 1.85 bits per heavy atom. The molecule has 1 aliphatic heterocycles. The fourth-order valence-electron chi connectivity index (χ4n) is 2.94. The van der Waals surface area contributed by atoms with E-state index in [1.165, 1.54) is 44.3 Å². The maximum Gasteiger partial charge on any atom is 0.230 e. The van der Waals surface area contributed by atoms with E-state index in [-0.39, 0.29) is 5.91 Å². The monoisotopic (exact) mass is 275 g/mol. The summed E-state index contributed by atoms with van der Waals surface area (Å²) in [5, 5.41) is 3.04. The summed E-state index contributed by atoms with van der Waals surface area (Å²) < 4.78 is 0. The Hall–Kier alpha value is -1.35. The van der Waals surface area contributed by atoms with Crippen LogP contribution in [0.15, 0.2) is 18.2 Å². The highest BCUT2D eigenvalue weighted by atomic mass is 16.1. The topological polar surface area (TPSA) is 33.5 Å². The number of aryl methyl sites for hydroxylation is 2. The molecule has 2 N–H and O–H groups in total. The SMILES string of the molecule is Cc1ccc(NC(=O)CC[NH+]2CCCCCC2)c(C)c1. The Morgan fingerprint density at radius 3 is 2.50 bits per heavy atom. The summed E-state index contributed by atoms with van der Waals surface area (Å²) in [6.07, 6.45) is 5.97. The second-order valence-corrected chi connectivity index (χ2v) is 6.03. The number of carbonyl (C=O) groups is 1.